The van der Waals surface area contributed by atoms with Crippen LogP contribution >= 0.6 is 0 Å². The van der Waals surface area contributed by atoms with Crippen molar-refractivity contribution >= 4 is 11.0 Å². The molecule has 1 atom stereocenters. The minimum atomic E-state index is -1.45. The molecule has 0 aliphatic carbocycles. The molecule has 4 heteroatoms. The van der Waals surface area contributed by atoms with Crippen molar-refractivity contribution in [3.05, 3.63) is 29.8 Å². The lowest BCUT2D eigenvalue weighted by atomic mass is 10.2. The summed E-state index contributed by atoms with van der Waals surface area (Å²) in [5.41, 5.74) is 0.541. The van der Waals surface area contributed by atoms with Crippen molar-refractivity contribution in [1.82, 2.24) is 0 Å². The zero-order chi connectivity index (χ0) is 8.27. The largest absolute Gasteiger partial charge is 0.248 e. The van der Waals surface area contributed by atoms with Crippen LogP contribution in [0.4, 0.5) is 0 Å². The Morgan fingerprint density at radius 2 is 1.91 bits per heavy atom. The summed E-state index contributed by atoms with van der Waals surface area (Å²) < 4.78 is 10.7. The summed E-state index contributed by atoms with van der Waals surface area (Å²) >= 11 is 0. The van der Waals surface area contributed by atoms with Crippen molar-refractivity contribution in [2.24, 2.45) is 5.14 Å². The number of hydrogen-bond donors (Lipinski definition) is 1. The molecule has 1 rings (SSSR count). The molecule has 11 heavy (non-hydrogen) atoms. The van der Waals surface area contributed by atoms with E-state index in [4.69, 9.17) is 10.4 Å². The van der Waals surface area contributed by atoms with Crippen LogP contribution in [0.25, 0.3) is 0 Å². The molecule has 0 fully saturated rings. The molecule has 0 saturated carbocycles. The number of benzene rings is 1. The van der Waals surface area contributed by atoms with Crippen LogP contribution in [0.2, 0.25) is 0 Å². The molecule has 0 saturated heterocycles. The van der Waals surface area contributed by atoms with E-state index in [2.05, 4.69) is 0 Å². The van der Waals surface area contributed by atoms with Crippen LogP contribution < -0.4 is 5.14 Å². The zero-order valence-corrected chi connectivity index (χ0v) is 6.47. The molecule has 0 aliphatic heterocycles. The highest BCUT2D eigenvalue weighted by molar-refractivity contribution is 7.82. The van der Waals surface area contributed by atoms with Gasteiger partial charge in [-0.1, -0.05) is 0 Å². The lowest BCUT2D eigenvalue weighted by Crippen LogP contribution is -2.01. The van der Waals surface area contributed by atoms with Crippen molar-refractivity contribution in [3.8, 4) is 6.07 Å². The number of hydrogen-bond acceptors (Lipinski definition) is 2. The SMILES string of the molecule is N#Cc1ccc(S(N)=O)cc1. The van der Waals surface area contributed by atoms with Crippen LogP contribution in [0.5, 0.6) is 0 Å². The van der Waals surface area contributed by atoms with Crippen molar-refractivity contribution in [1.29, 1.82) is 5.26 Å². The van der Waals surface area contributed by atoms with E-state index >= 15 is 0 Å². The summed E-state index contributed by atoms with van der Waals surface area (Å²) in [6.07, 6.45) is 0. The summed E-state index contributed by atoms with van der Waals surface area (Å²) in [5.74, 6) is 0. The fourth-order valence-corrected chi connectivity index (χ4v) is 1.07. The van der Waals surface area contributed by atoms with Gasteiger partial charge in [0.05, 0.1) is 16.5 Å². The van der Waals surface area contributed by atoms with Crippen molar-refractivity contribution in [2.45, 2.75) is 4.90 Å². The van der Waals surface area contributed by atoms with E-state index in [1.807, 2.05) is 6.07 Å². The number of nitrogens with two attached hydrogens (primary N) is 1. The van der Waals surface area contributed by atoms with Gasteiger partial charge in [-0.3, -0.25) is 0 Å². The second kappa shape index (κ2) is 3.28. The van der Waals surface area contributed by atoms with E-state index in [9.17, 15) is 4.21 Å². The normalized spacial score (nSPS) is 12.0. The summed E-state index contributed by atoms with van der Waals surface area (Å²) in [6.45, 7) is 0. The molecule has 1 aromatic carbocycles. The Kier molecular flexibility index (Phi) is 2.36. The second-order valence-corrected chi connectivity index (χ2v) is 3.00. The monoisotopic (exact) mass is 166 g/mol. The third kappa shape index (κ3) is 1.87. The Morgan fingerprint density at radius 1 is 1.36 bits per heavy atom. The third-order valence-electron chi connectivity index (χ3n) is 1.22. The average Bonchev–Trinajstić information content (AvgIpc) is 2.05. The van der Waals surface area contributed by atoms with Crippen molar-refractivity contribution < 1.29 is 4.21 Å². The molecule has 1 unspecified atom stereocenters. The van der Waals surface area contributed by atoms with Crippen LogP contribution in [-0.4, -0.2) is 4.21 Å². The fraction of sp³-hybridized carbons (Fsp3) is 0. The predicted octanol–water partition coefficient (Wildman–Crippen LogP) is 0.540. The second-order valence-electron chi connectivity index (χ2n) is 1.93. The van der Waals surface area contributed by atoms with Gasteiger partial charge < -0.3 is 0 Å². The molecule has 0 amide bonds. The standard InChI is InChI=1S/C7H6N2OS/c8-5-6-1-3-7(4-2-6)11(9)10/h1-4H,9H2. The number of rotatable bonds is 1. The van der Waals surface area contributed by atoms with E-state index in [1.54, 1.807) is 24.3 Å². The summed E-state index contributed by atoms with van der Waals surface area (Å²) in [4.78, 5) is 0.531. The van der Waals surface area contributed by atoms with E-state index in [0.717, 1.165) is 0 Å². The van der Waals surface area contributed by atoms with Gasteiger partial charge in [-0.15, -0.1) is 0 Å². The topological polar surface area (TPSA) is 66.9 Å². The Balaban J connectivity index is 3.03. The Labute approximate surface area is 67.0 Å². The van der Waals surface area contributed by atoms with Crippen LogP contribution in [0.1, 0.15) is 5.56 Å². The van der Waals surface area contributed by atoms with Gasteiger partial charge in [0.25, 0.3) is 0 Å². The molecule has 0 bridgehead atoms. The summed E-state index contributed by atoms with van der Waals surface area (Å²) in [7, 11) is -1.45. The van der Waals surface area contributed by atoms with Gasteiger partial charge in [-0.2, -0.15) is 5.26 Å². The van der Waals surface area contributed by atoms with Crippen molar-refractivity contribution in [2.75, 3.05) is 0 Å². The zero-order valence-electron chi connectivity index (χ0n) is 5.65. The molecule has 56 valence electrons. The molecular weight excluding hydrogens is 160 g/mol. The van der Waals surface area contributed by atoms with Gasteiger partial charge in [0.2, 0.25) is 0 Å². The summed E-state index contributed by atoms with van der Waals surface area (Å²) in [6, 6.07) is 8.28. The first-order chi connectivity index (χ1) is 5.24. The minimum absolute atomic E-state index is 0.531. The molecule has 0 radical (unpaired) electrons. The van der Waals surface area contributed by atoms with E-state index in [0.29, 0.717) is 10.5 Å². The molecular formula is C7H6N2OS. The average molecular weight is 166 g/mol. The smallest absolute Gasteiger partial charge is 0.122 e. The number of nitrogens with zero attached hydrogens (tertiary/aromatic N) is 1. The Morgan fingerprint density at radius 3 is 2.27 bits per heavy atom. The van der Waals surface area contributed by atoms with Crippen LogP contribution in [0, 0.1) is 11.3 Å². The Bertz CT molecular complexity index is 312. The van der Waals surface area contributed by atoms with Gasteiger partial charge in [0.15, 0.2) is 0 Å². The number of nitriles is 1. The van der Waals surface area contributed by atoms with E-state index in [1.165, 1.54) is 0 Å². The third-order valence-corrected chi connectivity index (χ3v) is 1.95. The molecule has 0 spiro atoms. The molecule has 2 N–H and O–H groups in total. The van der Waals surface area contributed by atoms with Crippen molar-refractivity contribution in [3.63, 3.8) is 0 Å². The molecule has 0 aliphatic rings. The predicted molar refractivity (Wildman–Crippen MR) is 41.8 cm³/mol. The van der Waals surface area contributed by atoms with E-state index < -0.39 is 11.0 Å². The first-order valence-corrected chi connectivity index (χ1v) is 4.11. The maximum Gasteiger partial charge on any atom is 0.122 e. The molecule has 3 nitrogen and oxygen atoms in total. The molecule has 0 heterocycles. The van der Waals surface area contributed by atoms with Crippen LogP contribution in [0.3, 0.4) is 0 Å². The van der Waals surface area contributed by atoms with Gasteiger partial charge >= 0.3 is 0 Å². The van der Waals surface area contributed by atoms with Gasteiger partial charge in [-0.25, -0.2) is 9.35 Å². The Hall–Kier alpha value is -1.18. The molecule has 0 aromatic heterocycles. The first-order valence-electron chi connectivity index (χ1n) is 2.90. The molecule has 1 aromatic rings. The highest BCUT2D eigenvalue weighted by Crippen LogP contribution is 2.04. The fourth-order valence-electron chi connectivity index (χ4n) is 0.664. The lowest BCUT2D eigenvalue weighted by molar-refractivity contribution is 0.684. The minimum Gasteiger partial charge on any atom is -0.248 e. The quantitative estimate of drug-likeness (QED) is 0.661. The maximum atomic E-state index is 10.7. The lowest BCUT2D eigenvalue weighted by Gasteiger charge is -1.93. The van der Waals surface area contributed by atoms with Gasteiger partial charge in [0.1, 0.15) is 11.0 Å². The first kappa shape index (κ1) is 7.92. The highest BCUT2D eigenvalue weighted by atomic mass is 32.2. The van der Waals surface area contributed by atoms with E-state index in [-0.39, 0.29) is 0 Å². The van der Waals surface area contributed by atoms with Gasteiger partial charge in [-0.05, 0) is 24.3 Å². The van der Waals surface area contributed by atoms with Crippen LogP contribution in [-0.2, 0) is 11.0 Å². The van der Waals surface area contributed by atoms with Crippen LogP contribution in [0.15, 0.2) is 29.2 Å². The highest BCUT2D eigenvalue weighted by Gasteiger charge is 1.96. The van der Waals surface area contributed by atoms with Gasteiger partial charge in [0, 0.05) is 0 Å². The maximum absolute atomic E-state index is 10.7. The summed E-state index contributed by atoms with van der Waals surface area (Å²) in [5, 5.41) is 13.5.